The van der Waals surface area contributed by atoms with Crippen molar-refractivity contribution < 1.29 is 9.53 Å². The summed E-state index contributed by atoms with van der Waals surface area (Å²) in [6, 6.07) is 16.9. The second-order valence-corrected chi connectivity index (χ2v) is 7.18. The summed E-state index contributed by atoms with van der Waals surface area (Å²) < 4.78 is 8.30. The molecule has 7 nitrogen and oxygen atoms in total. The topological polar surface area (TPSA) is 78.2 Å². The summed E-state index contributed by atoms with van der Waals surface area (Å²) in [5.41, 5.74) is 3.26. The van der Waals surface area contributed by atoms with Crippen molar-refractivity contribution in [1.82, 2.24) is 14.3 Å². The zero-order chi connectivity index (χ0) is 21.8. The van der Waals surface area contributed by atoms with Crippen LogP contribution < -0.4 is 10.9 Å². The third-order valence-electron chi connectivity index (χ3n) is 5.17. The number of rotatable bonds is 7. The highest BCUT2D eigenvalue weighted by molar-refractivity contribution is 6.08. The Morgan fingerprint density at radius 1 is 1.06 bits per heavy atom. The van der Waals surface area contributed by atoms with Gasteiger partial charge in [-0.3, -0.25) is 9.59 Å². The van der Waals surface area contributed by atoms with Gasteiger partial charge in [0.25, 0.3) is 11.5 Å². The first-order valence-corrected chi connectivity index (χ1v) is 10.2. The molecule has 2 aromatic rings. The number of nitrogens with one attached hydrogen (secondary N) is 1. The Kier molecular flexibility index (Phi) is 5.95. The van der Waals surface area contributed by atoms with Crippen LogP contribution in [0.3, 0.4) is 0 Å². The lowest BCUT2D eigenvalue weighted by molar-refractivity contribution is 0.102. The number of aromatic nitrogens is 3. The fraction of sp³-hybridized carbons (Fsp3) is 0.208. The number of benzene rings is 2. The summed E-state index contributed by atoms with van der Waals surface area (Å²) >= 11 is 0. The largest absolute Gasteiger partial charge is 0.383 e. The molecule has 0 unspecified atom stereocenters. The maximum absolute atomic E-state index is 13.3. The van der Waals surface area contributed by atoms with Crippen LogP contribution >= 0.6 is 0 Å². The van der Waals surface area contributed by atoms with Gasteiger partial charge >= 0.3 is 0 Å². The normalized spacial score (nSPS) is 11.0. The van der Waals surface area contributed by atoms with Gasteiger partial charge in [0.1, 0.15) is 5.69 Å². The molecule has 0 atom stereocenters. The average molecular weight is 416 g/mol. The van der Waals surface area contributed by atoms with Crippen LogP contribution in [0.15, 0.2) is 71.8 Å². The van der Waals surface area contributed by atoms with E-state index in [4.69, 9.17) is 4.74 Å². The van der Waals surface area contributed by atoms with Crippen LogP contribution in [0.25, 0.3) is 16.9 Å². The molecule has 31 heavy (non-hydrogen) atoms. The molecular formula is C24H24N4O3. The van der Waals surface area contributed by atoms with E-state index in [2.05, 4.69) is 10.4 Å². The summed E-state index contributed by atoms with van der Waals surface area (Å²) in [5.74, 6) is -0.310. The molecule has 0 saturated carbocycles. The molecule has 1 N–H and O–H groups in total. The number of carbonyl (C=O) groups excluding carboxylic acids is 1. The Hall–Kier alpha value is -3.71. The minimum Gasteiger partial charge on any atom is -0.383 e. The Morgan fingerprint density at radius 2 is 1.81 bits per heavy atom. The molecule has 0 aromatic heterocycles. The van der Waals surface area contributed by atoms with Crippen LogP contribution in [0, 0.1) is 0 Å². The number of hydrogen-bond acceptors (Lipinski definition) is 4. The fourth-order valence-corrected chi connectivity index (χ4v) is 3.54. The van der Waals surface area contributed by atoms with E-state index in [0.29, 0.717) is 35.7 Å². The smallest absolute Gasteiger partial charge is 0.282 e. The van der Waals surface area contributed by atoms with Crippen LogP contribution in [0.4, 0.5) is 5.69 Å². The van der Waals surface area contributed by atoms with E-state index < -0.39 is 0 Å². The number of carbonyl (C=O) groups is 1. The van der Waals surface area contributed by atoms with Gasteiger partial charge in [-0.2, -0.15) is 9.78 Å². The second kappa shape index (κ2) is 8.97. The predicted molar refractivity (Wildman–Crippen MR) is 120 cm³/mol. The molecule has 7 heteroatoms. The summed E-state index contributed by atoms with van der Waals surface area (Å²) in [4.78, 5) is 26.4. The van der Waals surface area contributed by atoms with E-state index in [1.165, 1.54) is 4.68 Å². The molecule has 158 valence electrons. The fourth-order valence-electron chi connectivity index (χ4n) is 3.54. The minimum atomic E-state index is -0.310. The number of methoxy groups -OCH3 is 1. The van der Waals surface area contributed by atoms with Gasteiger partial charge in [-0.25, -0.2) is 0 Å². The van der Waals surface area contributed by atoms with Crippen molar-refractivity contribution in [2.75, 3.05) is 19.0 Å². The number of nitrogens with zero attached hydrogens (tertiary/aromatic N) is 3. The molecule has 4 rings (SSSR count). The van der Waals surface area contributed by atoms with E-state index in [-0.39, 0.29) is 11.5 Å². The first-order chi connectivity index (χ1) is 15.1. The van der Waals surface area contributed by atoms with Gasteiger partial charge < -0.3 is 14.6 Å². The molecule has 0 saturated heterocycles. The monoisotopic (exact) mass is 416 g/mol. The molecule has 0 bridgehead atoms. The molecule has 1 amide bonds. The number of para-hydroxylation sites is 2. The van der Waals surface area contributed by atoms with Gasteiger partial charge in [0.2, 0.25) is 0 Å². The quantitative estimate of drug-likeness (QED) is 0.499. The summed E-state index contributed by atoms with van der Waals surface area (Å²) in [6.07, 6.45) is 4.23. The number of hydrogen-bond donors (Lipinski definition) is 1. The van der Waals surface area contributed by atoms with E-state index >= 15 is 0 Å². The van der Waals surface area contributed by atoms with Crippen molar-refractivity contribution in [2.24, 2.45) is 0 Å². The number of ether oxygens (including phenoxy) is 1. The van der Waals surface area contributed by atoms with Crippen molar-refractivity contribution >= 4 is 11.6 Å². The molecule has 0 spiro atoms. The molecular weight excluding hydrogens is 392 g/mol. The van der Waals surface area contributed by atoms with Gasteiger partial charge in [-0.05, 0) is 30.2 Å². The lowest BCUT2D eigenvalue weighted by atomic mass is 10.1. The van der Waals surface area contributed by atoms with E-state index in [9.17, 15) is 9.59 Å². The van der Waals surface area contributed by atoms with Gasteiger partial charge in [-0.1, -0.05) is 43.3 Å². The summed E-state index contributed by atoms with van der Waals surface area (Å²) in [7, 11) is 1.61. The molecule has 0 fully saturated rings. The average Bonchev–Trinajstić information content (AvgIpc) is 3.14. The SMILES string of the molecule is CCc1ccccc1NC(=O)c1cn(CCOC)cc2c(=O)n(-c3ccccc3)nc1-2. The van der Waals surface area contributed by atoms with Gasteiger partial charge in [0, 0.05) is 31.7 Å². The standard InChI is InChI=1S/C24H24N4O3/c1-3-17-9-7-8-12-21(17)25-23(29)19-15-27(13-14-31-2)16-20-22(19)26-28(24(20)30)18-10-5-4-6-11-18/h4-12,15-16H,3,13-14H2,1-2H3,(H,25,29). The Labute approximate surface area is 180 Å². The van der Waals surface area contributed by atoms with E-state index in [1.807, 2.05) is 61.5 Å². The van der Waals surface area contributed by atoms with E-state index in [1.54, 1.807) is 24.1 Å². The Bertz CT molecular complexity index is 1230. The second-order valence-electron chi connectivity index (χ2n) is 7.18. The maximum Gasteiger partial charge on any atom is 0.282 e. The van der Waals surface area contributed by atoms with Crippen molar-refractivity contribution in [3.8, 4) is 16.9 Å². The van der Waals surface area contributed by atoms with Crippen LogP contribution in [-0.4, -0.2) is 34.0 Å². The summed E-state index contributed by atoms with van der Waals surface area (Å²) in [5, 5.41) is 7.49. The van der Waals surface area contributed by atoms with Crippen LogP contribution in [-0.2, 0) is 17.7 Å². The van der Waals surface area contributed by atoms with Crippen molar-refractivity contribution in [3.63, 3.8) is 0 Å². The summed E-state index contributed by atoms with van der Waals surface area (Å²) in [6.45, 7) is 3.00. The maximum atomic E-state index is 13.3. The van der Waals surface area contributed by atoms with Crippen molar-refractivity contribution in [2.45, 2.75) is 19.9 Å². The minimum absolute atomic E-state index is 0.268. The van der Waals surface area contributed by atoms with Crippen molar-refractivity contribution in [1.29, 1.82) is 0 Å². The number of amides is 1. The lowest BCUT2D eigenvalue weighted by Crippen LogP contribution is -2.19. The number of pyridine rings is 1. The first-order valence-electron chi connectivity index (χ1n) is 10.2. The Morgan fingerprint density at radius 3 is 2.55 bits per heavy atom. The molecule has 2 aromatic carbocycles. The molecule has 2 aliphatic heterocycles. The zero-order valence-electron chi connectivity index (χ0n) is 17.5. The van der Waals surface area contributed by atoms with Gasteiger partial charge in [-0.15, -0.1) is 0 Å². The van der Waals surface area contributed by atoms with E-state index in [0.717, 1.165) is 17.7 Å². The third kappa shape index (κ3) is 4.13. The van der Waals surface area contributed by atoms with Crippen LogP contribution in [0.1, 0.15) is 22.8 Å². The van der Waals surface area contributed by atoms with Crippen molar-refractivity contribution in [3.05, 3.63) is 88.5 Å². The van der Waals surface area contributed by atoms with Gasteiger partial charge in [0.15, 0.2) is 0 Å². The highest BCUT2D eigenvalue weighted by atomic mass is 16.5. The molecule has 2 aliphatic rings. The Balaban J connectivity index is 1.82. The predicted octanol–water partition coefficient (Wildman–Crippen LogP) is 3.60. The number of fused-ring (bicyclic) bond motifs is 1. The molecule has 2 heterocycles. The highest BCUT2D eigenvalue weighted by Crippen LogP contribution is 2.24. The third-order valence-corrected chi connectivity index (χ3v) is 5.17. The van der Waals surface area contributed by atoms with Crippen LogP contribution in [0.5, 0.6) is 0 Å². The number of aryl methyl sites for hydroxylation is 1. The molecule has 0 radical (unpaired) electrons. The van der Waals surface area contributed by atoms with Crippen LogP contribution in [0.2, 0.25) is 0 Å². The molecule has 0 aliphatic carbocycles. The highest BCUT2D eigenvalue weighted by Gasteiger charge is 2.24. The first kappa shape index (κ1) is 20.6. The van der Waals surface area contributed by atoms with Gasteiger partial charge in [0.05, 0.1) is 23.4 Å². The number of anilines is 1. The zero-order valence-corrected chi connectivity index (χ0v) is 17.5. The lowest BCUT2D eigenvalue weighted by Gasteiger charge is -2.14.